The number of amides is 2. The first kappa shape index (κ1) is 20.5. The summed E-state index contributed by atoms with van der Waals surface area (Å²) in [6.45, 7) is 0.157. The van der Waals surface area contributed by atoms with Crippen molar-refractivity contribution in [2.75, 3.05) is 11.9 Å². The Morgan fingerprint density at radius 3 is 2.83 bits per heavy atom. The van der Waals surface area contributed by atoms with Crippen molar-refractivity contribution in [3.63, 3.8) is 0 Å². The lowest BCUT2D eigenvalue weighted by Crippen LogP contribution is -2.28. The molecule has 0 saturated carbocycles. The van der Waals surface area contributed by atoms with E-state index in [2.05, 4.69) is 15.5 Å². The number of halogens is 3. The van der Waals surface area contributed by atoms with Crippen LogP contribution in [0.5, 0.6) is 0 Å². The fourth-order valence-corrected chi connectivity index (χ4v) is 4.61. The fraction of sp³-hybridized carbons (Fsp3) is 0.263. The number of alkyl halides is 3. The SMILES string of the molecule is O=C(Nc1nnc(-c2ccsc2)s1)C1CC(=O)N(Cc2cccc(C(F)(F)F)c2)C1. The van der Waals surface area contributed by atoms with Crippen LogP contribution in [0.3, 0.4) is 0 Å². The monoisotopic (exact) mass is 452 g/mol. The van der Waals surface area contributed by atoms with E-state index >= 15 is 0 Å². The van der Waals surface area contributed by atoms with Crippen LogP contribution < -0.4 is 5.32 Å². The third kappa shape index (κ3) is 4.51. The second-order valence-corrected chi connectivity index (χ2v) is 8.54. The normalized spacial score (nSPS) is 16.8. The average molecular weight is 452 g/mol. The number of nitrogens with one attached hydrogen (secondary N) is 1. The summed E-state index contributed by atoms with van der Waals surface area (Å²) in [6, 6.07) is 6.75. The number of hydrogen-bond donors (Lipinski definition) is 1. The number of anilines is 1. The highest BCUT2D eigenvalue weighted by Gasteiger charge is 2.35. The molecule has 1 aliphatic rings. The van der Waals surface area contributed by atoms with Crippen molar-refractivity contribution in [2.45, 2.75) is 19.1 Å². The molecule has 1 N–H and O–H groups in total. The molecule has 2 amide bonds. The summed E-state index contributed by atoms with van der Waals surface area (Å²) in [5.41, 5.74) is 0.517. The summed E-state index contributed by atoms with van der Waals surface area (Å²) < 4.78 is 38.6. The molecule has 1 unspecified atom stereocenters. The Bertz CT molecular complexity index is 1070. The summed E-state index contributed by atoms with van der Waals surface area (Å²) in [7, 11) is 0. The second kappa shape index (κ2) is 8.15. The van der Waals surface area contributed by atoms with Gasteiger partial charge in [-0.1, -0.05) is 23.5 Å². The first-order valence-corrected chi connectivity index (χ1v) is 10.7. The van der Waals surface area contributed by atoms with Gasteiger partial charge in [-0.2, -0.15) is 24.5 Å². The minimum atomic E-state index is -4.45. The molecular formula is C19H15F3N4O2S2. The van der Waals surface area contributed by atoms with Gasteiger partial charge in [0.2, 0.25) is 16.9 Å². The van der Waals surface area contributed by atoms with E-state index in [4.69, 9.17) is 0 Å². The van der Waals surface area contributed by atoms with E-state index in [1.165, 1.54) is 39.7 Å². The summed E-state index contributed by atoms with van der Waals surface area (Å²) in [5, 5.41) is 15.5. The van der Waals surface area contributed by atoms with Gasteiger partial charge in [0.25, 0.3) is 0 Å². The summed E-state index contributed by atoms with van der Waals surface area (Å²) in [5.74, 6) is -1.23. The molecule has 0 aliphatic carbocycles. The van der Waals surface area contributed by atoms with Crippen LogP contribution in [0.25, 0.3) is 10.6 Å². The number of nitrogens with zero attached hydrogens (tertiary/aromatic N) is 3. The Morgan fingerprint density at radius 2 is 2.10 bits per heavy atom. The predicted molar refractivity (Wildman–Crippen MR) is 107 cm³/mol. The number of hydrogen-bond acceptors (Lipinski definition) is 6. The van der Waals surface area contributed by atoms with Crippen LogP contribution in [0, 0.1) is 5.92 Å². The third-order valence-corrected chi connectivity index (χ3v) is 6.21. The van der Waals surface area contributed by atoms with Gasteiger partial charge >= 0.3 is 6.18 Å². The van der Waals surface area contributed by atoms with Crippen molar-refractivity contribution >= 4 is 39.6 Å². The highest BCUT2D eigenvalue weighted by Crippen LogP contribution is 2.31. The Balaban J connectivity index is 1.38. The van der Waals surface area contributed by atoms with Crippen LogP contribution in [0.15, 0.2) is 41.1 Å². The van der Waals surface area contributed by atoms with E-state index in [-0.39, 0.29) is 31.3 Å². The molecule has 30 heavy (non-hydrogen) atoms. The molecule has 0 bridgehead atoms. The first-order valence-electron chi connectivity index (χ1n) is 8.90. The van der Waals surface area contributed by atoms with Crippen LogP contribution >= 0.6 is 22.7 Å². The lowest BCUT2D eigenvalue weighted by atomic mass is 10.1. The molecule has 3 aromatic rings. The van der Waals surface area contributed by atoms with Gasteiger partial charge in [0.15, 0.2) is 0 Å². The quantitative estimate of drug-likeness (QED) is 0.627. The molecule has 1 atom stereocenters. The van der Waals surface area contributed by atoms with Gasteiger partial charge in [0.1, 0.15) is 5.01 Å². The second-order valence-electron chi connectivity index (χ2n) is 6.79. The van der Waals surface area contributed by atoms with E-state index < -0.39 is 17.7 Å². The molecule has 0 spiro atoms. The van der Waals surface area contributed by atoms with Gasteiger partial charge in [-0.3, -0.25) is 9.59 Å². The van der Waals surface area contributed by atoms with E-state index in [0.29, 0.717) is 15.7 Å². The Hall–Kier alpha value is -2.79. The predicted octanol–water partition coefficient (Wildman–Crippen LogP) is 4.27. The van der Waals surface area contributed by atoms with E-state index in [1.807, 2.05) is 16.8 Å². The van der Waals surface area contributed by atoms with Gasteiger partial charge < -0.3 is 10.2 Å². The van der Waals surface area contributed by atoms with E-state index in [1.54, 1.807) is 0 Å². The molecule has 0 radical (unpaired) electrons. The summed E-state index contributed by atoms with van der Waals surface area (Å²) in [4.78, 5) is 26.2. The first-order chi connectivity index (χ1) is 14.3. The van der Waals surface area contributed by atoms with Crippen molar-refractivity contribution in [3.8, 4) is 10.6 Å². The van der Waals surface area contributed by atoms with Crippen LogP contribution in [0.1, 0.15) is 17.5 Å². The fourth-order valence-electron chi connectivity index (χ4n) is 3.15. The van der Waals surface area contributed by atoms with Crippen LogP contribution in [-0.2, 0) is 22.3 Å². The smallest absolute Gasteiger partial charge is 0.338 e. The number of aromatic nitrogens is 2. The molecule has 3 heterocycles. The molecule has 2 aromatic heterocycles. The largest absolute Gasteiger partial charge is 0.416 e. The van der Waals surface area contributed by atoms with E-state index in [9.17, 15) is 22.8 Å². The number of benzene rings is 1. The maximum atomic E-state index is 12.9. The average Bonchev–Trinajstić information content (AvgIpc) is 3.43. The molecule has 6 nitrogen and oxygen atoms in total. The van der Waals surface area contributed by atoms with Crippen molar-refractivity contribution in [1.82, 2.24) is 15.1 Å². The molecule has 1 saturated heterocycles. The highest BCUT2D eigenvalue weighted by molar-refractivity contribution is 7.19. The summed E-state index contributed by atoms with van der Waals surface area (Å²) in [6.07, 6.45) is -4.45. The number of likely N-dealkylation sites (tertiary alicyclic amines) is 1. The van der Waals surface area contributed by atoms with Gasteiger partial charge in [-0.05, 0) is 29.1 Å². The zero-order chi connectivity index (χ0) is 21.3. The zero-order valence-corrected chi connectivity index (χ0v) is 17.0. The van der Waals surface area contributed by atoms with Crippen LogP contribution in [-0.4, -0.2) is 33.5 Å². The van der Waals surface area contributed by atoms with E-state index in [0.717, 1.165) is 17.7 Å². The lowest BCUT2D eigenvalue weighted by Gasteiger charge is -2.17. The van der Waals surface area contributed by atoms with Crippen molar-refractivity contribution in [3.05, 3.63) is 52.2 Å². The van der Waals surface area contributed by atoms with Crippen molar-refractivity contribution < 1.29 is 22.8 Å². The van der Waals surface area contributed by atoms with Crippen LogP contribution in [0.4, 0.5) is 18.3 Å². The maximum absolute atomic E-state index is 12.9. The summed E-state index contributed by atoms with van der Waals surface area (Å²) >= 11 is 2.76. The molecule has 156 valence electrons. The molecule has 1 aliphatic heterocycles. The van der Waals surface area contributed by atoms with Gasteiger partial charge in [0, 0.05) is 30.5 Å². The minimum Gasteiger partial charge on any atom is -0.338 e. The molecule has 1 aromatic carbocycles. The molecule has 1 fully saturated rings. The third-order valence-electron chi connectivity index (χ3n) is 4.64. The molecular weight excluding hydrogens is 437 g/mol. The Morgan fingerprint density at radius 1 is 1.27 bits per heavy atom. The van der Waals surface area contributed by atoms with Crippen molar-refractivity contribution in [1.29, 1.82) is 0 Å². The minimum absolute atomic E-state index is 0.000979. The van der Waals surface area contributed by atoms with Gasteiger partial charge in [-0.15, -0.1) is 10.2 Å². The van der Waals surface area contributed by atoms with Crippen LogP contribution in [0.2, 0.25) is 0 Å². The molecule has 11 heteroatoms. The Kier molecular flexibility index (Phi) is 5.56. The Labute approximate surface area is 177 Å². The number of rotatable bonds is 5. The molecule has 4 rings (SSSR count). The highest BCUT2D eigenvalue weighted by atomic mass is 32.1. The zero-order valence-electron chi connectivity index (χ0n) is 15.3. The number of thiophene rings is 1. The standard InChI is InChI=1S/C19H15F3N4O2S2/c20-19(21,22)14-3-1-2-11(6-14)8-26-9-13(7-15(26)27)16(28)23-18-25-24-17(30-18)12-4-5-29-10-12/h1-6,10,13H,7-9H2,(H,23,25,28). The topological polar surface area (TPSA) is 75.2 Å². The maximum Gasteiger partial charge on any atom is 0.416 e. The van der Waals surface area contributed by atoms with Crippen molar-refractivity contribution in [2.24, 2.45) is 5.92 Å². The van der Waals surface area contributed by atoms with Gasteiger partial charge in [0.05, 0.1) is 11.5 Å². The van der Waals surface area contributed by atoms with Gasteiger partial charge in [-0.25, -0.2) is 0 Å². The lowest BCUT2D eigenvalue weighted by molar-refractivity contribution is -0.137. The number of carbonyl (C=O) groups is 2. The number of carbonyl (C=O) groups excluding carboxylic acids is 2.